The lowest BCUT2D eigenvalue weighted by atomic mass is 10.1. The van der Waals surface area contributed by atoms with E-state index in [0.29, 0.717) is 11.3 Å². The fourth-order valence-corrected chi connectivity index (χ4v) is 1.98. The van der Waals surface area contributed by atoms with Crippen LogP contribution in [0.4, 0.5) is 0 Å². The maximum atomic E-state index is 11.0. The topological polar surface area (TPSA) is 63.6 Å². The SMILES string of the molecule is C=CC(c1cccc(OC)c1)S(=O)(=O)O. The van der Waals surface area contributed by atoms with Crippen LogP contribution in [-0.4, -0.2) is 20.1 Å². The molecular weight excluding hydrogens is 216 g/mol. The molecule has 0 aliphatic rings. The molecule has 0 aliphatic carbocycles. The number of ether oxygens (including phenoxy) is 1. The van der Waals surface area contributed by atoms with Crippen molar-refractivity contribution in [3.8, 4) is 5.75 Å². The molecule has 4 nitrogen and oxygen atoms in total. The first-order chi connectivity index (χ1) is 6.99. The summed E-state index contributed by atoms with van der Waals surface area (Å²) in [7, 11) is -2.68. The van der Waals surface area contributed by atoms with Gasteiger partial charge in [-0.15, -0.1) is 6.58 Å². The van der Waals surface area contributed by atoms with Crippen molar-refractivity contribution in [1.82, 2.24) is 0 Å². The van der Waals surface area contributed by atoms with Crippen molar-refractivity contribution in [2.75, 3.05) is 7.11 Å². The van der Waals surface area contributed by atoms with Gasteiger partial charge in [-0.3, -0.25) is 4.55 Å². The third kappa shape index (κ3) is 2.81. The Bertz CT molecular complexity index is 450. The summed E-state index contributed by atoms with van der Waals surface area (Å²) < 4.78 is 35.9. The molecular formula is C10H12O4S. The third-order valence-electron chi connectivity index (χ3n) is 1.96. The first-order valence-corrected chi connectivity index (χ1v) is 5.72. The van der Waals surface area contributed by atoms with Gasteiger partial charge in [0.25, 0.3) is 10.1 Å². The van der Waals surface area contributed by atoms with Crippen LogP contribution in [-0.2, 0) is 10.1 Å². The van der Waals surface area contributed by atoms with Crippen LogP contribution in [0.3, 0.4) is 0 Å². The molecule has 0 bridgehead atoms. The number of methoxy groups -OCH3 is 1. The summed E-state index contributed by atoms with van der Waals surface area (Å²) in [5.41, 5.74) is 0.423. The van der Waals surface area contributed by atoms with Gasteiger partial charge in [-0.2, -0.15) is 8.42 Å². The number of hydrogen-bond donors (Lipinski definition) is 1. The Kier molecular flexibility index (Phi) is 3.49. The first kappa shape index (κ1) is 11.7. The lowest BCUT2D eigenvalue weighted by Gasteiger charge is -2.10. The Morgan fingerprint density at radius 1 is 1.53 bits per heavy atom. The molecule has 0 spiro atoms. The second-order valence-electron chi connectivity index (χ2n) is 2.95. The Morgan fingerprint density at radius 3 is 2.67 bits per heavy atom. The van der Waals surface area contributed by atoms with E-state index in [9.17, 15) is 8.42 Å². The van der Waals surface area contributed by atoms with E-state index in [2.05, 4.69) is 6.58 Å². The van der Waals surface area contributed by atoms with Crippen LogP contribution < -0.4 is 4.74 Å². The molecule has 0 heterocycles. The van der Waals surface area contributed by atoms with E-state index in [1.165, 1.54) is 13.2 Å². The van der Waals surface area contributed by atoms with Gasteiger partial charge in [0.05, 0.1) is 7.11 Å². The molecule has 0 aliphatic heterocycles. The number of benzene rings is 1. The highest BCUT2D eigenvalue weighted by atomic mass is 32.2. The van der Waals surface area contributed by atoms with Crippen LogP contribution in [0.5, 0.6) is 5.75 Å². The quantitative estimate of drug-likeness (QED) is 0.630. The van der Waals surface area contributed by atoms with Gasteiger partial charge in [0.1, 0.15) is 11.0 Å². The van der Waals surface area contributed by atoms with E-state index < -0.39 is 15.4 Å². The lowest BCUT2D eigenvalue weighted by Crippen LogP contribution is -2.09. The maximum Gasteiger partial charge on any atom is 0.275 e. The molecule has 0 saturated carbocycles. The van der Waals surface area contributed by atoms with Gasteiger partial charge in [0, 0.05) is 0 Å². The molecule has 1 aromatic carbocycles. The molecule has 1 unspecified atom stereocenters. The zero-order chi connectivity index (χ0) is 11.5. The molecule has 1 aromatic rings. The van der Waals surface area contributed by atoms with Gasteiger partial charge >= 0.3 is 0 Å². The minimum absolute atomic E-state index is 0.423. The van der Waals surface area contributed by atoms with Gasteiger partial charge in [0.15, 0.2) is 0 Å². The second kappa shape index (κ2) is 4.46. The normalized spacial score (nSPS) is 13.2. The molecule has 0 fully saturated rings. The summed E-state index contributed by atoms with van der Waals surface area (Å²) in [5.74, 6) is 0.531. The largest absolute Gasteiger partial charge is 0.497 e. The molecule has 0 saturated heterocycles. The van der Waals surface area contributed by atoms with Crippen molar-refractivity contribution in [2.24, 2.45) is 0 Å². The maximum absolute atomic E-state index is 11.0. The van der Waals surface area contributed by atoms with Crippen LogP contribution in [0.2, 0.25) is 0 Å². The van der Waals surface area contributed by atoms with Gasteiger partial charge in [0.2, 0.25) is 0 Å². The van der Waals surface area contributed by atoms with E-state index in [0.717, 1.165) is 0 Å². The van der Waals surface area contributed by atoms with Crippen molar-refractivity contribution in [3.05, 3.63) is 42.5 Å². The summed E-state index contributed by atoms with van der Waals surface area (Å²) in [6, 6.07) is 6.46. The third-order valence-corrected chi connectivity index (χ3v) is 3.06. The average Bonchev–Trinajstić information content (AvgIpc) is 2.17. The summed E-state index contributed by atoms with van der Waals surface area (Å²) in [6.45, 7) is 3.38. The molecule has 1 rings (SSSR count). The van der Waals surface area contributed by atoms with Crippen molar-refractivity contribution in [3.63, 3.8) is 0 Å². The van der Waals surface area contributed by atoms with E-state index in [4.69, 9.17) is 9.29 Å². The van der Waals surface area contributed by atoms with E-state index in [1.54, 1.807) is 24.3 Å². The molecule has 82 valence electrons. The second-order valence-corrected chi connectivity index (χ2v) is 4.49. The van der Waals surface area contributed by atoms with Crippen LogP contribution in [0, 0.1) is 0 Å². The number of rotatable bonds is 4. The van der Waals surface area contributed by atoms with Crippen molar-refractivity contribution < 1.29 is 17.7 Å². The fraction of sp³-hybridized carbons (Fsp3) is 0.200. The van der Waals surface area contributed by atoms with Gasteiger partial charge in [-0.25, -0.2) is 0 Å². The van der Waals surface area contributed by atoms with Crippen LogP contribution in [0.15, 0.2) is 36.9 Å². The molecule has 15 heavy (non-hydrogen) atoms. The number of hydrogen-bond acceptors (Lipinski definition) is 3. The summed E-state index contributed by atoms with van der Waals surface area (Å²) in [6.07, 6.45) is 1.17. The van der Waals surface area contributed by atoms with Gasteiger partial charge in [-0.05, 0) is 17.7 Å². The highest BCUT2D eigenvalue weighted by Crippen LogP contribution is 2.25. The summed E-state index contributed by atoms with van der Waals surface area (Å²) >= 11 is 0. The van der Waals surface area contributed by atoms with Gasteiger partial charge < -0.3 is 4.74 Å². The predicted octanol–water partition coefficient (Wildman–Crippen LogP) is 1.81. The van der Waals surface area contributed by atoms with Gasteiger partial charge in [-0.1, -0.05) is 18.2 Å². The Morgan fingerprint density at radius 2 is 2.20 bits per heavy atom. The zero-order valence-corrected chi connectivity index (χ0v) is 9.07. The first-order valence-electron chi connectivity index (χ1n) is 4.22. The van der Waals surface area contributed by atoms with E-state index in [1.807, 2.05) is 0 Å². The monoisotopic (exact) mass is 228 g/mol. The average molecular weight is 228 g/mol. The van der Waals surface area contributed by atoms with E-state index in [-0.39, 0.29) is 0 Å². The van der Waals surface area contributed by atoms with Crippen LogP contribution >= 0.6 is 0 Å². The Balaban J connectivity index is 3.19. The molecule has 0 aromatic heterocycles. The zero-order valence-electron chi connectivity index (χ0n) is 8.25. The predicted molar refractivity (Wildman–Crippen MR) is 57.5 cm³/mol. The molecule has 0 radical (unpaired) electrons. The van der Waals surface area contributed by atoms with E-state index >= 15 is 0 Å². The molecule has 5 heteroatoms. The highest BCUT2D eigenvalue weighted by molar-refractivity contribution is 7.86. The standard InChI is InChI=1S/C10H12O4S/c1-3-10(15(11,12)13)8-5-4-6-9(7-8)14-2/h3-7,10H,1H2,2H3,(H,11,12,13). The highest BCUT2D eigenvalue weighted by Gasteiger charge is 2.21. The fourth-order valence-electron chi connectivity index (χ4n) is 1.25. The summed E-state index contributed by atoms with van der Waals surface area (Å²) in [5, 5.41) is -1.12. The minimum Gasteiger partial charge on any atom is -0.497 e. The smallest absolute Gasteiger partial charge is 0.275 e. The van der Waals surface area contributed by atoms with Crippen molar-refractivity contribution in [2.45, 2.75) is 5.25 Å². The van der Waals surface area contributed by atoms with Crippen LogP contribution in [0.1, 0.15) is 10.8 Å². The van der Waals surface area contributed by atoms with Crippen molar-refractivity contribution in [1.29, 1.82) is 0 Å². The Labute approximate surface area is 88.9 Å². The molecule has 0 amide bonds. The van der Waals surface area contributed by atoms with Crippen LogP contribution in [0.25, 0.3) is 0 Å². The minimum atomic E-state index is -4.17. The van der Waals surface area contributed by atoms with Crippen molar-refractivity contribution >= 4 is 10.1 Å². The molecule has 1 atom stereocenters. The summed E-state index contributed by atoms with van der Waals surface area (Å²) in [4.78, 5) is 0. The lowest BCUT2D eigenvalue weighted by molar-refractivity contribution is 0.414. The Hall–Kier alpha value is -1.33. The molecule has 1 N–H and O–H groups in total.